The molecule has 24 heavy (non-hydrogen) atoms. The molecule has 0 atom stereocenters. The zero-order valence-corrected chi connectivity index (χ0v) is 12.9. The Morgan fingerprint density at radius 3 is 2.46 bits per heavy atom. The van der Waals surface area contributed by atoms with Crippen LogP contribution < -0.4 is 5.73 Å². The maximum absolute atomic E-state index is 11.7. The molecule has 7 nitrogen and oxygen atoms in total. The molecule has 1 aliphatic rings. The summed E-state index contributed by atoms with van der Waals surface area (Å²) in [6.45, 7) is 0. The first kappa shape index (κ1) is 15.4. The van der Waals surface area contributed by atoms with Crippen molar-refractivity contribution < 1.29 is 9.90 Å². The van der Waals surface area contributed by atoms with Crippen molar-refractivity contribution in [3.8, 4) is 5.75 Å². The molecule has 0 aromatic heterocycles. The summed E-state index contributed by atoms with van der Waals surface area (Å²) in [4.78, 5) is 16.9. The van der Waals surface area contributed by atoms with Gasteiger partial charge in [-0.3, -0.25) is 4.79 Å². The Hall–Kier alpha value is -3.48. The predicted octanol–water partition coefficient (Wildman–Crippen LogP) is 2.94. The molecular formula is C17H15N5O2. The fourth-order valence-electron chi connectivity index (χ4n) is 2.14. The lowest BCUT2D eigenvalue weighted by Gasteiger charge is -2.11. The Balaban J connectivity index is 1.83. The molecule has 7 heteroatoms. The number of aromatic hydroxyl groups is 1. The standard InChI is InChI=1S/C17H15N5O2/c1-22-14(16(24)19-17(22)18)9-11-7-8-13(10-15(11)23)21-20-12-5-3-2-4-6-12/h2-10,23H,1H3,(H2,18,19,24)/b14-9-,21-20?. The van der Waals surface area contributed by atoms with Crippen LogP contribution in [0.5, 0.6) is 5.75 Å². The summed E-state index contributed by atoms with van der Waals surface area (Å²) in [7, 11) is 1.63. The van der Waals surface area contributed by atoms with Crippen LogP contribution in [0, 0.1) is 0 Å². The Morgan fingerprint density at radius 1 is 1.12 bits per heavy atom. The number of carbonyl (C=O) groups excluding carboxylic acids is 1. The van der Waals surface area contributed by atoms with Gasteiger partial charge in [-0.25, -0.2) is 0 Å². The average Bonchev–Trinajstić information content (AvgIpc) is 2.82. The van der Waals surface area contributed by atoms with Crippen molar-refractivity contribution in [3.05, 3.63) is 59.8 Å². The fourth-order valence-corrected chi connectivity index (χ4v) is 2.14. The van der Waals surface area contributed by atoms with Crippen LogP contribution in [0.4, 0.5) is 11.4 Å². The highest BCUT2D eigenvalue weighted by molar-refractivity contribution is 6.12. The third-order valence-corrected chi connectivity index (χ3v) is 3.48. The summed E-state index contributed by atoms with van der Waals surface area (Å²) >= 11 is 0. The molecular weight excluding hydrogens is 306 g/mol. The van der Waals surface area contributed by atoms with Crippen molar-refractivity contribution in [2.45, 2.75) is 0 Å². The fraction of sp³-hybridized carbons (Fsp3) is 0.0588. The number of hydrogen-bond acceptors (Lipinski definition) is 6. The second-order valence-corrected chi connectivity index (χ2v) is 5.14. The van der Waals surface area contributed by atoms with Crippen molar-refractivity contribution in [3.63, 3.8) is 0 Å². The first-order valence-corrected chi connectivity index (χ1v) is 7.18. The molecule has 0 saturated carbocycles. The molecule has 3 N–H and O–H groups in total. The van der Waals surface area contributed by atoms with E-state index in [0.29, 0.717) is 22.6 Å². The van der Waals surface area contributed by atoms with E-state index < -0.39 is 5.91 Å². The van der Waals surface area contributed by atoms with Gasteiger partial charge in [0.05, 0.1) is 11.4 Å². The molecule has 0 saturated heterocycles. The largest absolute Gasteiger partial charge is 0.507 e. The quantitative estimate of drug-likeness (QED) is 0.670. The van der Waals surface area contributed by atoms with Crippen LogP contribution in [-0.2, 0) is 4.79 Å². The monoisotopic (exact) mass is 321 g/mol. The predicted molar refractivity (Wildman–Crippen MR) is 91.1 cm³/mol. The first-order valence-electron chi connectivity index (χ1n) is 7.18. The van der Waals surface area contributed by atoms with Gasteiger partial charge in [-0.2, -0.15) is 15.2 Å². The number of phenolic OH excluding ortho intramolecular Hbond substituents is 1. The summed E-state index contributed by atoms with van der Waals surface area (Å²) in [5, 5.41) is 18.3. The number of likely N-dealkylation sites (N-methyl/N-ethyl adjacent to an activating group) is 1. The number of phenols is 1. The minimum atomic E-state index is -0.442. The van der Waals surface area contributed by atoms with Crippen LogP contribution in [0.25, 0.3) is 6.08 Å². The lowest BCUT2D eigenvalue weighted by Crippen LogP contribution is -2.28. The van der Waals surface area contributed by atoms with E-state index in [2.05, 4.69) is 15.2 Å². The average molecular weight is 321 g/mol. The minimum absolute atomic E-state index is 0.0151. The minimum Gasteiger partial charge on any atom is -0.507 e. The number of azo groups is 1. The van der Waals surface area contributed by atoms with E-state index in [1.807, 2.05) is 30.3 Å². The molecule has 0 spiro atoms. The molecule has 2 aromatic rings. The van der Waals surface area contributed by atoms with Gasteiger partial charge in [-0.05, 0) is 30.3 Å². The smallest absolute Gasteiger partial charge is 0.296 e. The van der Waals surface area contributed by atoms with Crippen molar-refractivity contribution in [2.75, 3.05) is 7.05 Å². The van der Waals surface area contributed by atoms with Gasteiger partial charge in [0.25, 0.3) is 5.91 Å². The Bertz CT molecular complexity index is 872. The third-order valence-electron chi connectivity index (χ3n) is 3.48. The number of benzene rings is 2. The van der Waals surface area contributed by atoms with E-state index in [1.165, 1.54) is 17.0 Å². The molecule has 120 valence electrons. The molecule has 3 rings (SSSR count). The van der Waals surface area contributed by atoms with Crippen LogP contribution in [0.2, 0.25) is 0 Å². The highest BCUT2D eigenvalue weighted by Gasteiger charge is 2.24. The van der Waals surface area contributed by atoms with Crippen LogP contribution >= 0.6 is 0 Å². The second kappa shape index (κ2) is 6.33. The first-order chi connectivity index (χ1) is 11.5. The normalized spacial score (nSPS) is 16.2. The maximum atomic E-state index is 11.7. The molecule has 1 heterocycles. The van der Waals surface area contributed by atoms with E-state index >= 15 is 0 Å². The third kappa shape index (κ3) is 3.14. The molecule has 0 bridgehead atoms. The van der Waals surface area contributed by atoms with Gasteiger partial charge >= 0.3 is 0 Å². The van der Waals surface area contributed by atoms with Crippen LogP contribution in [0.15, 0.2) is 69.4 Å². The summed E-state index contributed by atoms with van der Waals surface area (Å²) in [6, 6.07) is 14.1. The number of nitrogens with zero attached hydrogens (tertiary/aromatic N) is 4. The number of guanidine groups is 1. The van der Waals surface area contributed by atoms with Gasteiger partial charge < -0.3 is 15.7 Å². The van der Waals surface area contributed by atoms with E-state index in [9.17, 15) is 9.90 Å². The van der Waals surface area contributed by atoms with E-state index in [4.69, 9.17) is 5.73 Å². The van der Waals surface area contributed by atoms with Crippen molar-refractivity contribution >= 4 is 29.3 Å². The number of rotatable bonds is 3. The number of aliphatic imine (C=N–C) groups is 1. The van der Waals surface area contributed by atoms with Crippen LogP contribution in [-0.4, -0.2) is 28.9 Å². The summed E-state index contributed by atoms with van der Waals surface area (Å²) in [5.41, 5.74) is 7.57. The van der Waals surface area contributed by atoms with Crippen LogP contribution in [0.3, 0.4) is 0 Å². The topological polar surface area (TPSA) is 104 Å². The Labute approximate surface area is 138 Å². The number of hydrogen-bond donors (Lipinski definition) is 2. The van der Waals surface area contributed by atoms with Crippen molar-refractivity contribution in [1.29, 1.82) is 0 Å². The summed E-state index contributed by atoms with van der Waals surface area (Å²) in [6.07, 6.45) is 1.53. The molecule has 2 aromatic carbocycles. The highest BCUT2D eigenvalue weighted by Crippen LogP contribution is 2.28. The Morgan fingerprint density at radius 2 is 1.83 bits per heavy atom. The zero-order chi connectivity index (χ0) is 17.1. The van der Waals surface area contributed by atoms with Gasteiger partial charge in [0.15, 0.2) is 0 Å². The number of nitrogens with two attached hydrogens (primary N) is 1. The SMILES string of the molecule is CN1C(N)=NC(=O)/C1=C/c1ccc(N=Nc2ccccc2)cc1O. The highest BCUT2D eigenvalue weighted by atomic mass is 16.3. The summed E-state index contributed by atoms with van der Waals surface area (Å²) in [5.74, 6) is -0.333. The van der Waals surface area contributed by atoms with Crippen molar-refractivity contribution in [1.82, 2.24) is 4.90 Å². The molecule has 0 aliphatic carbocycles. The number of amides is 1. The zero-order valence-electron chi connectivity index (χ0n) is 12.9. The van der Waals surface area contributed by atoms with Gasteiger partial charge in [0.2, 0.25) is 5.96 Å². The van der Waals surface area contributed by atoms with Gasteiger partial charge in [0, 0.05) is 18.7 Å². The second-order valence-electron chi connectivity index (χ2n) is 5.14. The molecule has 0 fully saturated rings. The maximum Gasteiger partial charge on any atom is 0.296 e. The molecule has 1 aliphatic heterocycles. The van der Waals surface area contributed by atoms with E-state index in [-0.39, 0.29) is 11.7 Å². The lowest BCUT2D eigenvalue weighted by molar-refractivity contribution is -0.114. The molecule has 0 unspecified atom stereocenters. The number of carbonyl (C=O) groups is 1. The van der Waals surface area contributed by atoms with Crippen LogP contribution in [0.1, 0.15) is 5.56 Å². The lowest BCUT2D eigenvalue weighted by atomic mass is 10.1. The van der Waals surface area contributed by atoms with Gasteiger partial charge in [-0.1, -0.05) is 18.2 Å². The van der Waals surface area contributed by atoms with E-state index in [0.717, 1.165) is 0 Å². The summed E-state index contributed by atoms with van der Waals surface area (Å²) < 4.78 is 0. The molecule has 0 radical (unpaired) electrons. The van der Waals surface area contributed by atoms with Crippen molar-refractivity contribution in [2.24, 2.45) is 21.0 Å². The van der Waals surface area contributed by atoms with Gasteiger partial charge in [0.1, 0.15) is 11.4 Å². The van der Waals surface area contributed by atoms with Gasteiger partial charge in [-0.15, -0.1) is 0 Å². The van der Waals surface area contributed by atoms with E-state index in [1.54, 1.807) is 19.2 Å². The molecule has 1 amide bonds. The Kier molecular flexibility index (Phi) is 4.07.